The average Bonchev–Trinajstić information content (AvgIpc) is 2.70. The zero-order chi connectivity index (χ0) is 16.8. The average molecular weight is 335 g/mol. The van der Waals surface area contributed by atoms with Crippen LogP contribution in [0.4, 0.5) is 11.6 Å². The van der Waals surface area contributed by atoms with E-state index in [-0.39, 0.29) is 15.7 Å². The first-order valence-electron chi connectivity index (χ1n) is 7.19. The van der Waals surface area contributed by atoms with Crippen LogP contribution in [-0.2, 0) is 14.4 Å². The second kappa shape index (κ2) is 5.26. The number of nitrogens with zero attached hydrogens (tertiary/aromatic N) is 4. The van der Waals surface area contributed by atoms with Crippen LogP contribution < -0.4 is 9.55 Å². The van der Waals surface area contributed by atoms with Crippen molar-refractivity contribution in [3.63, 3.8) is 0 Å². The molecule has 7 nitrogen and oxygen atoms in total. The van der Waals surface area contributed by atoms with Crippen molar-refractivity contribution in [1.29, 1.82) is 0 Å². The summed E-state index contributed by atoms with van der Waals surface area (Å²) < 4.78 is 30.6. The Morgan fingerprint density at radius 1 is 1.17 bits per heavy atom. The second-order valence-corrected chi connectivity index (χ2v) is 7.31. The minimum atomic E-state index is -3.94. The first-order valence-corrected chi connectivity index (χ1v) is 8.60. The van der Waals surface area contributed by atoms with Gasteiger partial charge in [0.25, 0.3) is 0 Å². The van der Waals surface area contributed by atoms with Gasteiger partial charge in [0, 0.05) is 20.2 Å². The van der Waals surface area contributed by atoms with Crippen LogP contribution >= 0.6 is 0 Å². The van der Waals surface area contributed by atoms with E-state index in [1.54, 1.807) is 37.5 Å². The quantitative estimate of drug-likeness (QED) is 0.797. The molecule has 0 saturated heterocycles. The van der Waals surface area contributed by atoms with Crippen LogP contribution in [0.1, 0.15) is 12.5 Å². The van der Waals surface area contributed by atoms with Crippen LogP contribution in [0.3, 0.4) is 0 Å². The van der Waals surface area contributed by atoms with Crippen LogP contribution in [0.5, 0.6) is 0 Å². The number of aromatic nitrogens is 2. The smallest absolute Gasteiger partial charge is 0.301 e. The van der Waals surface area contributed by atoms with Crippen molar-refractivity contribution in [3.8, 4) is 0 Å². The molecule has 0 spiro atoms. The highest BCUT2D eigenvalue weighted by molar-refractivity contribution is 7.86. The summed E-state index contributed by atoms with van der Waals surface area (Å²) in [4.78, 5) is 10.5. The number of anilines is 1. The standard InChI is InChI=1S/C15H19N4O3S/c1-11-5-7-13(8-6-11)23(20,21)22-19(4)12(2)18(3)14-15(19)17-10-9-16-14/h5-10,12H,1-4H3/q+1. The van der Waals surface area contributed by atoms with Crippen molar-refractivity contribution in [2.75, 3.05) is 19.0 Å². The number of benzene rings is 1. The molecule has 0 radical (unpaired) electrons. The van der Waals surface area contributed by atoms with E-state index in [1.807, 2.05) is 25.8 Å². The van der Waals surface area contributed by atoms with Crippen LogP contribution in [0, 0.1) is 6.92 Å². The molecule has 3 rings (SSSR count). The number of hydroxylamine groups is 2. The highest BCUT2D eigenvalue weighted by atomic mass is 32.2. The normalized spacial score (nSPS) is 23.8. The van der Waals surface area contributed by atoms with Crippen molar-refractivity contribution in [2.24, 2.45) is 0 Å². The third kappa shape index (κ3) is 2.48. The fourth-order valence-electron chi connectivity index (χ4n) is 2.62. The Morgan fingerprint density at radius 2 is 1.78 bits per heavy atom. The molecule has 8 heteroatoms. The lowest BCUT2D eigenvalue weighted by Crippen LogP contribution is -2.55. The lowest BCUT2D eigenvalue weighted by Gasteiger charge is -2.29. The van der Waals surface area contributed by atoms with Gasteiger partial charge in [-0.25, -0.2) is 4.98 Å². The molecule has 2 unspecified atom stereocenters. The maximum Gasteiger partial charge on any atom is 0.343 e. The third-order valence-electron chi connectivity index (χ3n) is 4.25. The zero-order valence-corrected chi connectivity index (χ0v) is 14.3. The van der Waals surface area contributed by atoms with Gasteiger partial charge in [0.2, 0.25) is 12.0 Å². The van der Waals surface area contributed by atoms with Crippen molar-refractivity contribution < 1.29 is 12.7 Å². The van der Waals surface area contributed by atoms with E-state index in [4.69, 9.17) is 4.28 Å². The monoisotopic (exact) mass is 335 g/mol. The van der Waals surface area contributed by atoms with E-state index in [2.05, 4.69) is 9.97 Å². The van der Waals surface area contributed by atoms with E-state index in [0.29, 0.717) is 11.6 Å². The van der Waals surface area contributed by atoms with E-state index >= 15 is 0 Å². The Balaban J connectivity index is 2.03. The molecule has 0 bridgehead atoms. The van der Waals surface area contributed by atoms with E-state index in [1.165, 1.54) is 6.20 Å². The van der Waals surface area contributed by atoms with Gasteiger partial charge in [-0.05, 0) is 19.1 Å². The van der Waals surface area contributed by atoms with Crippen LogP contribution in [0.15, 0.2) is 41.6 Å². The summed E-state index contributed by atoms with van der Waals surface area (Å²) in [5, 5.41) is 0. The summed E-state index contributed by atoms with van der Waals surface area (Å²) in [6, 6.07) is 6.56. The Hall–Kier alpha value is -2.03. The van der Waals surface area contributed by atoms with Gasteiger partial charge in [-0.2, -0.15) is 13.4 Å². The summed E-state index contributed by atoms with van der Waals surface area (Å²) in [6.07, 6.45) is 2.82. The molecule has 0 saturated carbocycles. The van der Waals surface area contributed by atoms with E-state index < -0.39 is 10.1 Å². The molecule has 1 aromatic heterocycles. The van der Waals surface area contributed by atoms with Gasteiger partial charge in [-0.3, -0.25) is 0 Å². The van der Waals surface area contributed by atoms with Gasteiger partial charge < -0.3 is 4.90 Å². The molecule has 2 heterocycles. The minimum absolute atomic E-state index is 0.120. The van der Waals surface area contributed by atoms with Crippen molar-refractivity contribution >= 4 is 21.8 Å². The second-order valence-electron chi connectivity index (χ2n) is 5.78. The van der Waals surface area contributed by atoms with E-state index in [0.717, 1.165) is 5.56 Å². The Kier molecular flexibility index (Phi) is 3.62. The van der Waals surface area contributed by atoms with Crippen molar-refractivity contribution in [1.82, 2.24) is 14.6 Å². The van der Waals surface area contributed by atoms with Gasteiger partial charge in [-0.1, -0.05) is 26.6 Å². The van der Waals surface area contributed by atoms with Gasteiger partial charge in [-0.15, -0.1) is 0 Å². The maximum atomic E-state index is 12.7. The number of hydrogen-bond donors (Lipinski definition) is 0. The van der Waals surface area contributed by atoms with Gasteiger partial charge in [0.05, 0.1) is 11.1 Å². The molecule has 1 aromatic carbocycles. The zero-order valence-electron chi connectivity index (χ0n) is 13.5. The lowest BCUT2D eigenvalue weighted by atomic mass is 10.2. The van der Waals surface area contributed by atoms with Crippen LogP contribution in [-0.4, -0.2) is 38.6 Å². The minimum Gasteiger partial charge on any atom is -0.301 e. The summed E-state index contributed by atoms with van der Waals surface area (Å²) >= 11 is 0. The number of quaternary nitrogens is 1. The molecule has 1 aliphatic heterocycles. The number of aryl methyl sites for hydroxylation is 1. The topological polar surface area (TPSA) is 72.4 Å². The van der Waals surface area contributed by atoms with Crippen LogP contribution in [0.2, 0.25) is 0 Å². The fraction of sp³-hybridized carbons (Fsp3) is 0.333. The first kappa shape index (κ1) is 15.9. The van der Waals surface area contributed by atoms with Gasteiger partial charge in [0.15, 0.2) is 0 Å². The molecule has 1 aliphatic rings. The fourth-order valence-corrected chi connectivity index (χ4v) is 3.78. The Labute approximate surface area is 135 Å². The SMILES string of the molecule is Cc1ccc(S(=O)(=O)O[N+]2(C)c3nccnc3N(C)C2C)cc1. The van der Waals surface area contributed by atoms with Crippen LogP contribution in [0.25, 0.3) is 0 Å². The molecular formula is C15H19N4O3S+. The highest BCUT2D eigenvalue weighted by Crippen LogP contribution is 2.41. The Morgan fingerprint density at radius 3 is 2.43 bits per heavy atom. The molecule has 2 aromatic rings. The molecule has 0 N–H and O–H groups in total. The number of rotatable bonds is 3. The summed E-state index contributed by atoms with van der Waals surface area (Å²) in [6.45, 7) is 3.77. The number of hydrogen-bond acceptors (Lipinski definition) is 6. The molecule has 122 valence electrons. The van der Waals surface area contributed by atoms with E-state index in [9.17, 15) is 8.42 Å². The predicted molar refractivity (Wildman–Crippen MR) is 87.1 cm³/mol. The highest BCUT2D eigenvalue weighted by Gasteiger charge is 2.52. The number of fused-ring (bicyclic) bond motifs is 1. The largest absolute Gasteiger partial charge is 0.343 e. The van der Waals surface area contributed by atoms with Crippen molar-refractivity contribution in [2.45, 2.75) is 24.9 Å². The molecule has 0 fully saturated rings. The molecule has 0 amide bonds. The Bertz CT molecular complexity index is 838. The molecular weight excluding hydrogens is 316 g/mol. The third-order valence-corrected chi connectivity index (χ3v) is 5.61. The maximum absolute atomic E-state index is 12.7. The first-order chi connectivity index (χ1) is 10.8. The van der Waals surface area contributed by atoms with Gasteiger partial charge >= 0.3 is 15.9 Å². The summed E-state index contributed by atoms with van der Waals surface area (Å²) in [5.41, 5.74) is 0.981. The lowest BCUT2D eigenvalue weighted by molar-refractivity contribution is -0.0409. The van der Waals surface area contributed by atoms with Crippen molar-refractivity contribution in [3.05, 3.63) is 42.2 Å². The molecule has 2 atom stereocenters. The summed E-state index contributed by atoms with van der Waals surface area (Å²) in [5.74, 6) is 1.08. The molecule has 0 aliphatic carbocycles. The predicted octanol–water partition coefficient (Wildman–Crippen LogP) is 1.84. The van der Waals surface area contributed by atoms with Gasteiger partial charge in [0.1, 0.15) is 7.05 Å². The molecule has 23 heavy (non-hydrogen) atoms. The summed E-state index contributed by atoms with van der Waals surface area (Å²) in [7, 11) is -0.429.